The molecule has 138 valence electrons. The van der Waals surface area contributed by atoms with Crippen LogP contribution in [0.4, 0.5) is 0 Å². The van der Waals surface area contributed by atoms with Gasteiger partial charge in [0.25, 0.3) is 5.91 Å². The molecular weight excluding hydrogens is 322 g/mol. The molecular formula is C18H27N3O4. The summed E-state index contributed by atoms with van der Waals surface area (Å²) < 4.78 is 10.4. The minimum atomic E-state index is -0.0523. The van der Waals surface area contributed by atoms with Crippen LogP contribution in [0, 0.1) is 0 Å². The lowest BCUT2D eigenvalue weighted by molar-refractivity contribution is -0.123. The molecule has 0 aromatic heterocycles. The molecule has 1 aliphatic rings. The molecule has 1 heterocycles. The number of hydrogen-bond donors (Lipinski definition) is 1. The molecule has 25 heavy (non-hydrogen) atoms. The van der Waals surface area contributed by atoms with E-state index in [0.717, 1.165) is 0 Å². The van der Waals surface area contributed by atoms with E-state index in [0.29, 0.717) is 49.8 Å². The molecule has 0 aliphatic carbocycles. The fraction of sp³-hybridized carbons (Fsp3) is 0.556. The van der Waals surface area contributed by atoms with Crippen molar-refractivity contribution in [3.63, 3.8) is 0 Å². The van der Waals surface area contributed by atoms with Crippen LogP contribution in [0.3, 0.4) is 0 Å². The fourth-order valence-electron chi connectivity index (χ4n) is 2.79. The van der Waals surface area contributed by atoms with Crippen LogP contribution in [-0.2, 0) is 4.79 Å². The molecule has 7 heteroatoms. The second-order valence-corrected chi connectivity index (χ2v) is 6.39. The Kier molecular flexibility index (Phi) is 6.64. The molecule has 1 aromatic carbocycles. The Hall–Kier alpha value is -2.28. The second kappa shape index (κ2) is 8.71. The molecule has 0 unspecified atom stereocenters. The van der Waals surface area contributed by atoms with Gasteiger partial charge in [0.05, 0.1) is 20.8 Å². The highest BCUT2D eigenvalue weighted by atomic mass is 16.5. The van der Waals surface area contributed by atoms with E-state index in [1.165, 1.54) is 0 Å². The largest absolute Gasteiger partial charge is 0.497 e. The molecule has 0 spiro atoms. The van der Waals surface area contributed by atoms with E-state index in [1.54, 1.807) is 37.3 Å². The lowest BCUT2D eigenvalue weighted by Crippen LogP contribution is -2.51. The van der Waals surface area contributed by atoms with Crippen LogP contribution in [-0.4, -0.2) is 74.6 Å². The van der Waals surface area contributed by atoms with E-state index in [-0.39, 0.29) is 17.9 Å². The van der Waals surface area contributed by atoms with E-state index < -0.39 is 0 Å². The van der Waals surface area contributed by atoms with E-state index >= 15 is 0 Å². The Morgan fingerprint density at radius 3 is 2.08 bits per heavy atom. The van der Waals surface area contributed by atoms with Crippen LogP contribution >= 0.6 is 0 Å². The number of ether oxygens (including phenoxy) is 2. The molecule has 0 bridgehead atoms. The lowest BCUT2D eigenvalue weighted by Gasteiger charge is -2.34. The van der Waals surface area contributed by atoms with Crippen molar-refractivity contribution in [3.8, 4) is 11.5 Å². The topological polar surface area (TPSA) is 71.1 Å². The van der Waals surface area contributed by atoms with Crippen LogP contribution in [0.5, 0.6) is 11.5 Å². The third kappa shape index (κ3) is 5.35. The van der Waals surface area contributed by atoms with E-state index in [9.17, 15) is 9.59 Å². The van der Waals surface area contributed by atoms with Gasteiger partial charge >= 0.3 is 0 Å². The average Bonchev–Trinajstić information content (AvgIpc) is 2.60. The first kappa shape index (κ1) is 19.1. The summed E-state index contributed by atoms with van der Waals surface area (Å²) in [4.78, 5) is 28.4. The van der Waals surface area contributed by atoms with Gasteiger partial charge in [0, 0.05) is 43.9 Å². The summed E-state index contributed by atoms with van der Waals surface area (Å²) in [6, 6.07) is 5.31. The highest BCUT2D eigenvalue weighted by molar-refractivity contribution is 5.95. The van der Waals surface area contributed by atoms with E-state index in [4.69, 9.17) is 9.47 Å². The van der Waals surface area contributed by atoms with Gasteiger partial charge in [-0.2, -0.15) is 0 Å². The Morgan fingerprint density at radius 2 is 1.60 bits per heavy atom. The highest BCUT2D eigenvalue weighted by Crippen LogP contribution is 2.23. The minimum Gasteiger partial charge on any atom is -0.497 e. The molecule has 2 rings (SSSR count). The smallest absolute Gasteiger partial charge is 0.254 e. The van der Waals surface area contributed by atoms with Gasteiger partial charge in [-0.3, -0.25) is 14.5 Å². The summed E-state index contributed by atoms with van der Waals surface area (Å²) in [5.74, 6) is 1.15. The number of methoxy groups -OCH3 is 2. The van der Waals surface area contributed by atoms with Crippen molar-refractivity contribution in [2.24, 2.45) is 0 Å². The zero-order valence-electron chi connectivity index (χ0n) is 15.4. The molecule has 1 aliphatic heterocycles. The maximum Gasteiger partial charge on any atom is 0.254 e. The van der Waals surface area contributed by atoms with Crippen molar-refractivity contribution in [3.05, 3.63) is 23.8 Å². The molecule has 1 N–H and O–H groups in total. The zero-order valence-corrected chi connectivity index (χ0v) is 15.4. The predicted molar refractivity (Wildman–Crippen MR) is 95.2 cm³/mol. The predicted octanol–water partition coefficient (Wildman–Crippen LogP) is 0.986. The third-order valence-corrected chi connectivity index (χ3v) is 4.07. The number of nitrogens with one attached hydrogen (secondary N) is 1. The molecule has 0 atom stereocenters. The maximum absolute atomic E-state index is 12.7. The summed E-state index contributed by atoms with van der Waals surface area (Å²) in [5.41, 5.74) is 0.544. The number of hydrogen-bond acceptors (Lipinski definition) is 5. The molecule has 7 nitrogen and oxygen atoms in total. The van der Waals surface area contributed by atoms with Crippen molar-refractivity contribution >= 4 is 11.8 Å². The monoisotopic (exact) mass is 349 g/mol. The molecule has 2 amide bonds. The average molecular weight is 349 g/mol. The van der Waals surface area contributed by atoms with Gasteiger partial charge < -0.3 is 19.7 Å². The van der Waals surface area contributed by atoms with Crippen LogP contribution in [0.15, 0.2) is 18.2 Å². The van der Waals surface area contributed by atoms with Crippen molar-refractivity contribution in [1.82, 2.24) is 15.1 Å². The first-order valence-corrected chi connectivity index (χ1v) is 8.47. The Bertz CT molecular complexity index is 588. The molecule has 0 saturated carbocycles. The quantitative estimate of drug-likeness (QED) is 0.829. The number of nitrogens with zero attached hydrogens (tertiary/aromatic N) is 2. The number of rotatable bonds is 6. The van der Waals surface area contributed by atoms with Crippen LogP contribution in [0.25, 0.3) is 0 Å². The van der Waals surface area contributed by atoms with Gasteiger partial charge in [-0.25, -0.2) is 0 Å². The third-order valence-electron chi connectivity index (χ3n) is 4.07. The van der Waals surface area contributed by atoms with Crippen LogP contribution in [0.1, 0.15) is 24.2 Å². The zero-order chi connectivity index (χ0) is 18.4. The Labute approximate surface area is 148 Å². The van der Waals surface area contributed by atoms with Crippen molar-refractivity contribution < 1.29 is 19.1 Å². The molecule has 1 saturated heterocycles. The molecule has 1 aromatic rings. The summed E-state index contributed by atoms with van der Waals surface area (Å²) in [6.45, 7) is 6.79. The number of carbonyl (C=O) groups excluding carboxylic acids is 2. The van der Waals surface area contributed by atoms with Crippen molar-refractivity contribution in [2.75, 3.05) is 46.9 Å². The van der Waals surface area contributed by atoms with Gasteiger partial charge in [0.2, 0.25) is 5.91 Å². The Morgan fingerprint density at radius 1 is 1.04 bits per heavy atom. The minimum absolute atomic E-state index is 0.0207. The fourth-order valence-corrected chi connectivity index (χ4v) is 2.79. The molecule has 1 fully saturated rings. The normalized spacial score (nSPS) is 15.2. The van der Waals surface area contributed by atoms with E-state index in [2.05, 4.69) is 10.2 Å². The first-order valence-electron chi connectivity index (χ1n) is 8.47. The summed E-state index contributed by atoms with van der Waals surface area (Å²) in [7, 11) is 3.12. The van der Waals surface area contributed by atoms with Crippen molar-refractivity contribution in [1.29, 1.82) is 0 Å². The standard InChI is InChI=1S/C18H27N3O4/c1-13(2)19-17(22)12-20-5-7-21(8-6-20)18(23)14-9-15(24-3)11-16(10-14)25-4/h9-11,13H,5-8,12H2,1-4H3,(H,19,22). The summed E-state index contributed by atoms with van der Waals surface area (Å²) >= 11 is 0. The van der Waals surface area contributed by atoms with Crippen LogP contribution in [0.2, 0.25) is 0 Å². The van der Waals surface area contributed by atoms with E-state index in [1.807, 2.05) is 13.8 Å². The highest BCUT2D eigenvalue weighted by Gasteiger charge is 2.24. The number of carbonyl (C=O) groups is 2. The first-order chi connectivity index (χ1) is 11.9. The number of benzene rings is 1. The SMILES string of the molecule is COc1cc(OC)cc(C(=O)N2CCN(CC(=O)NC(C)C)CC2)c1. The number of piperazine rings is 1. The van der Waals surface area contributed by atoms with Gasteiger partial charge in [-0.1, -0.05) is 0 Å². The summed E-state index contributed by atoms with van der Waals surface area (Å²) in [6.07, 6.45) is 0. The maximum atomic E-state index is 12.7. The van der Waals surface area contributed by atoms with Gasteiger partial charge in [0.1, 0.15) is 11.5 Å². The molecule has 0 radical (unpaired) electrons. The Balaban J connectivity index is 1.94. The van der Waals surface area contributed by atoms with Gasteiger partial charge in [-0.05, 0) is 26.0 Å². The van der Waals surface area contributed by atoms with Gasteiger partial charge in [0.15, 0.2) is 0 Å². The number of amides is 2. The van der Waals surface area contributed by atoms with Crippen molar-refractivity contribution in [2.45, 2.75) is 19.9 Å². The second-order valence-electron chi connectivity index (χ2n) is 6.39. The van der Waals surface area contributed by atoms with Crippen LogP contribution < -0.4 is 14.8 Å². The lowest BCUT2D eigenvalue weighted by atomic mass is 10.1. The summed E-state index contributed by atoms with van der Waals surface area (Å²) in [5, 5.41) is 2.89. The van der Waals surface area contributed by atoms with Gasteiger partial charge in [-0.15, -0.1) is 0 Å².